The van der Waals surface area contributed by atoms with Crippen molar-refractivity contribution >= 4 is 5.57 Å². The number of hydrogen-bond donors (Lipinski definition) is 1. The summed E-state index contributed by atoms with van der Waals surface area (Å²) in [6.45, 7) is 8.72. The first-order chi connectivity index (χ1) is 13.2. The minimum absolute atomic E-state index is 0.579. The van der Waals surface area contributed by atoms with Gasteiger partial charge in [0.15, 0.2) is 0 Å². The molecule has 0 amide bonds. The van der Waals surface area contributed by atoms with Gasteiger partial charge in [-0.2, -0.15) is 0 Å². The number of ether oxygens (including phenoxy) is 1. The lowest BCUT2D eigenvalue weighted by Crippen LogP contribution is -2.01. The summed E-state index contributed by atoms with van der Waals surface area (Å²) in [7, 11) is 0. The molecule has 2 N–H and O–H groups in total. The lowest BCUT2D eigenvalue weighted by molar-refractivity contribution is 0.183. The highest BCUT2D eigenvalue weighted by Crippen LogP contribution is 2.23. The van der Waals surface area contributed by atoms with Gasteiger partial charge in [0.1, 0.15) is 0 Å². The molecule has 0 aliphatic carbocycles. The number of nitrogens with two attached hydrogens (primary N) is 1. The second-order valence-electron chi connectivity index (χ2n) is 7.94. The molecule has 0 saturated carbocycles. The van der Waals surface area contributed by atoms with Crippen molar-refractivity contribution in [2.45, 2.75) is 52.0 Å². The summed E-state index contributed by atoms with van der Waals surface area (Å²) in [5, 5.41) is 0. The van der Waals surface area contributed by atoms with Gasteiger partial charge >= 0.3 is 0 Å². The fourth-order valence-electron chi connectivity index (χ4n) is 3.95. The van der Waals surface area contributed by atoms with Crippen LogP contribution in [0.15, 0.2) is 49.0 Å². The van der Waals surface area contributed by atoms with E-state index in [4.69, 9.17) is 10.5 Å². The van der Waals surface area contributed by atoms with Crippen molar-refractivity contribution < 1.29 is 4.74 Å². The van der Waals surface area contributed by atoms with Crippen LogP contribution in [-0.4, -0.2) is 13.2 Å². The molecule has 2 aromatic rings. The molecule has 1 aliphatic rings. The minimum Gasteiger partial charge on any atom is -0.381 e. The Morgan fingerprint density at radius 3 is 2.48 bits per heavy atom. The molecule has 3 rings (SSSR count). The Labute approximate surface area is 164 Å². The second kappa shape index (κ2) is 9.87. The molecule has 1 atom stereocenters. The minimum atomic E-state index is 0.579. The fraction of sp³-hybridized carbons (Fsp3) is 0.440. The van der Waals surface area contributed by atoms with Gasteiger partial charge in [0, 0.05) is 19.8 Å². The maximum Gasteiger partial charge on any atom is 0.0495 e. The third kappa shape index (κ3) is 5.79. The molecular weight excluding hydrogens is 330 g/mol. The third-order valence-corrected chi connectivity index (χ3v) is 5.63. The summed E-state index contributed by atoms with van der Waals surface area (Å²) in [6, 6.07) is 15.6. The van der Waals surface area contributed by atoms with Crippen LogP contribution in [0.4, 0.5) is 0 Å². The molecule has 0 aromatic heterocycles. The topological polar surface area (TPSA) is 35.2 Å². The zero-order valence-electron chi connectivity index (χ0n) is 16.7. The van der Waals surface area contributed by atoms with E-state index in [2.05, 4.69) is 56.0 Å². The molecule has 0 spiro atoms. The van der Waals surface area contributed by atoms with Crippen LogP contribution in [0.5, 0.6) is 0 Å². The average molecular weight is 364 g/mol. The van der Waals surface area contributed by atoms with Crippen LogP contribution in [-0.2, 0) is 24.1 Å². The lowest BCUT2D eigenvalue weighted by atomic mass is 9.93. The predicted octanol–water partition coefficient (Wildman–Crippen LogP) is 5.52. The molecule has 2 aromatic carbocycles. The Kier molecular flexibility index (Phi) is 7.25. The Morgan fingerprint density at radius 2 is 1.81 bits per heavy atom. The predicted molar refractivity (Wildman–Crippen MR) is 115 cm³/mol. The van der Waals surface area contributed by atoms with E-state index in [0.29, 0.717) is 6.54 Å². The van der Waals surface area contributed by atoms with E-state index in [1.54, 1.807) is 0 Å². The molecule has 2 nitrogen and oxygen atoms in total. The standard InChI is InChI=1S/C25H33NO/c1-19(2)25-12-11-23(17-26)16-24(25)15-21-9-7-20(8-10-21)5-3-4-6-22-13-14-27-18-22/h7-12,16,22H,1,3-6,13-15,17-18,26H2,2H3. The molecule has 144 valence electrons. The van der Waals surface area contributed by atoms with Gasteiger partial charge in [-0.3, -0.25) is 0 Å². The van der Waals surface area contributed by atoms with E-state index in [1.807, 2.05) is 0 Å². The number of aryl methyl sites for hydroxylation is 1. The summed E-state index contributed by atoms with van der Waals surface area (Å²) in [5.41, 5.74) is 13.5. The normalized spacial score (nSPS) is 16.6. The van der Waals surface area contributed by atoms with Crippen molar-refractivity contribution in [2.24, 2.45) is 11.7 Å². The molecule has 1 fully saturated rings. The van der Waals surface area contributed by atoms with Gasteiger partial charge in [-0.1, -0.05) is 61.0 Å². The van der Waals surface area contributed by atoms with Gasteiger partial charge < -0.3 is 10.5 Å². The van der Waals surface area contributed by atoms with Gasteiger partial charge in [-0.05, 0) is 72.8 Å². The maximum atomic E-state index is 5.83. The third-order valence-electron chi connectivity index (χ3n) is 5.63. The quantitative estimate of drug-likeness (QED) is 0.596. The van der Waals surface area contributed by atoms with Crippen LogP contribution in [0.25, 0.3) is 5.57 Å². The van der Waals surface area contributed by atoms with Crippen LogP contribution >= 0.6 is 0 Å². The van der Waals surface area contributed by atoms with Crippen LogP contribution in [0.3, 0.4) is 0 Å². The van der Waals surface area contributed by atoms with Crippen molar-refractivity contribution in [3.63, 3.8) is 0 Å². The zero-order valence-corrected chi connectivity index (χ0v) is 16.7. The summed E-state index contributed by atoms with van der Waals surface area (Å²) < 4.78 is 5.46. The monoisotopic (exact) mass is 363 g/mol. The second-order valence-corrected chi connectivity index (χ2v) is 7.94. The molecule has 27 heavy (non-hydrogen) atoms. The lowest BCUT2D eigenvalue weighted by Gasteiger charge is -2.12. The molecule has 0 bridgehead atoms. The zero-order chi connectivity index (χ0) is 19.1. The molecule has 0 radical (unpaired) electrons. The van der Waals surface area contributed by atoms with Crippen LogP contribution < -0.4 is 5.73 Å². The smallest absolute Gasteiger partial charge is 0.0495 e. The van der Waals surface area contributed by atoms with Gasteiger partial charge in [-0.25, -0.2) is 0 Å². The number of rotatable bonds is 9. The Bertz CT molecular complexity index is 741. The number of unbranched alkanes of at least 4 members (excludes halogenated alkanes) is 1. The van der Waals surface area contributed by atoms with Gasteiger partial charge in [0.2, 0.25) is 0 Å². The van der Waals surface area contributed by atoms with Crippen LogP contribution in [0, 0.1) is 5.92 Å². The van der Waals surface area contributed by atoms with Crippen LogP contribution in [0.2, 0.25) is 0 Å². The van der Waals surface area contributed by atoms with Crippen molar-refractivity contribution in [3.05, 3.63) is 76.9 Å². The summed E-state index contributed by atoms with van der Waals surface area (Å²) >= 11 is 0. The molecule has 1 saturated heterocycles. The first-order valence-electron chi connectivity index (χ1n) is 10.3. The average Bonchev–Trinajstić information content (AvgIpc) is 3.19. The molecule has 2 heteroatoms. The Hall–Kier alpha value is -1.90. The van der Waals surface area contributed by atoms with Crippen molar-refractivity contribution in [2.75, 3.05) is 13.2 Å². The first kappa shape index (κ1) is 19.9. The van der Waals surface area contributed by atoms with E-state index >= 15 is 0 Å². The van der Waals surface area contributed by atoms with Gasteiger partial charge in [-0.15, -0.1) is 0 Å². The fourth-order valence-corrected chi connectivity index (χ4v) is 3.95. The SMILES string of the molecule is C=C(C)c1ccc(CN)cc1Cc1ccc(CCCCC2CCOC2)cc1. The van der Waals surface area contributed by atoms with Gasteiger partial charge in [0.05, 0.1) is 0 Å². The summed E-state index contributed by atoms with van der Waals surface area (Å²) in [4.78, 5) is 0. The molecular formula is C25H33NO. The Morgan fingerprint density at radius 1 is 1.07 bits per heavy atom. The van der Waals surface area contributed by atoms with Crippen molar-refractivity contribution in [1.82, 2.24) is 0 Å². The highest BCUT2D eigenvalue weighted by atomic mass is 16.5. The van der Waals surface area contributed by atoms with E-state index < -0.39 is 0 Å². The number of allylic oxidation sites excluding steroid dienone is 1. The van der Waals surface area contributed by atoms with Crippen molar-refractivity contribution in [3.8, 4) is 0 Å². The molecule has 1 heterocycles. The largest absolute Gasteiger partial charge is 0.381 e. The molecule has 1 unspecified atom stereocenters. The van der Waals surface area contributed by atoms with E-state index in [-0.39, 0.29) is 0 Å². The van der Waals surface area contributed by atoms with Crippen LogP contribution in [0.1, 0.15) is 60.4 Å². The molecule has 1 aliphatic heterocycles. The first-order valence-corrected chi connectivity index (χ1v) is 10.3. The number of hydrogen-bond acceptors (Lipinski definition) is 2. The summed E-state index contributed by atoms with van der Waals surface area (Å²) in [6.07, 6.45) is 7.26. The van der Waals surface area contributed by atoms with Gasteiger partial charge in [0.25, 0.3) is 0 Å². The highest BCUT2D eigenvalue weighted by molar-refractivity contribution is 5.65. The number of benzene rings is 2. The maximum absolute atomic E-state index is 5.83. The van der Waals surface area contributed by atoms with Crippen molar-refractivity contribution in [1.29, 1.82) is 0 Å². The van der Waals surface area contributed by atoms with E-state index in [0.717, 1.165) is 31.1 Å². The van der Waals surface area contributed by atoms with E-state index in [9.17, 15) is 0 Å². The van der Waals surface area contributed by atoms with E-state index in [1.165, 1.54) is 59.9 Å². The Balaban J connectivity index is 1.55. The highest BCUT2D eigenvalue weighted by Gasteiger charge is 2.14. The summed E-state index contributed by atoms with van der Waals surface area (Å²) in [5.74, 6) is 0.805.